The molecule has 5 heteroatoms. The molecule has 0 saturated carbocycles. The van der Waals surface area contributed by atoms with E-state index in [0.29, 0.717) is 5.56 Å². The quantitative estimate of drug-likeness (QED) is 0.752. The van der Waals surface area contributed by atoms with E-state index in [-0.39, 0.29) is 12.0 Å². The molecule has 2 rings (SSSR count). The third kappa shape index (κ3) is 1.92. The number of nitrogens with one attached hydrogen (secondary N) is 1. The predicted molar refractivity (Wildman–Crippen MR) is 59.7 cm³/mol. The number of nitrogens with two attached hydrogens (primary N) is 1. The van der Waals surface area contributed by atoms with E-state index in [1.165, 1.54) is 0 Å². The summed E-state index contributed by atoms with van der Waals surface area (Å²) in [7, 11) is 0. The molecule has 0 aliphatic rings. The molecule has 0 bridgehead atoms. The Labute approximate surface area is 91.5 Å². The van der Waals surface area contributed by atoms with Crippen molar-refractivity contribution < 1.29 is 0 Å². The molecular weight excluding hydrogens is 204 g/mol. The number of fused-ring (bicyclic) bond motifs is 1. The van der Waals surface area contributed by atoms with Gasteiger partial charge in [0, 0.05) is 29.8 Å². The van der Waals surface area contributed by atoms with Gasteiger partial charge in [-0.25, -0.2) is 0 Å². The van der Waals surface area contributed by atoms with Gasteiger partial charge >= 0.3 is 0 Å². The highest BCUT2D eigenvalue weighted by atomic mass is 16.1. The average Bonchev–Trinajstić information content (AvgIpc) is 2.30. The monoisotopic (exact) mass is 214 g/mol. The lowest BCUT2D eigenvalue weighted by Crippen LogP contribution is -2.25. The van der Waals surface area contributed by atoms with E-state index in [0.717, 1.165) is 10.9 Å². The van der Waals surface area contributed by atoms with Crippen LogP contribution in [0.4, 0.5) is 0 Å². The number of hydrogen-bond donors (Lipinski definition) is 2. The van der Waals surface area contributed by atoms with Crippen molar-refractivity contribution in [3.8, 4) is 6.07 Å². The number of hydrogen-bond acceptors (Lipinski definition) is 4. The number of H-pyrrole nitrogens is 1. The van der Waals surface area contributed by atoms with Crippen molar-refractivity contribution in [2.75, 3.05) is 0 Å². The van der Waals surface area contributed by atoms with Crippen LogP contribution in [0.3, 0.4) is 0 Å². The molecule has 0 aromatic carbocycles. The summed E-state index contributed by atoms with van der Waals surface area (Å²) in [6.45, 7) is 0. The fourth-order valence-electron chi connectivity index (χ4n) is 1.53. The zero-order chi connectivity index (χ0) is 11.5. The molecule has 0 spiro atoms. The number of pyridine rings is 2. The highest BCUT2D eigenvalue weighted by Crippen LogP contribution is 2.09. The Kier molecular flexibility index (Phi) is 2.66. The van der Waals surface area contributed by atoms with Crippen molar-refractivity contribution in [3.05, 3.63) is 40.4 Å². The molecule has 1 atom stereocenters. The van der Waals surface area contributed by atoms with E-state index in [4.69, 9.17) is 11.0 Å². The first-order chi connectivity index (χ1) is 7.70. The fourth-order valence-corrected chi connectivity index (χ4v) is 1.53. The normalized spacial score (nSPS) is 12.2. The SMILES string of the molecule is N#CC(N)Cc1cc2cnccc2[nH]c1=O. The van der Waals surface area contributed by atoms with E-state index in [1.807, 2.05) is 6.07 Å². The number of nitriles is 1. The van der Waals surface area contributed by atoms with Crippen molar-refractivity contribution in [2.24, 2.45) is 5.73 Å². The fraction of sp³-hybridized carbons (Fsp3) is 0.182. The topological polar surface area (TPSA) is 95.6 Å². The number of rotatable bonds is 2. The zero-order valence-corrected chi connectivity index (χ0v) is 8.47. The molecule has 0 aliphatic heterocycles. The molecular formula is C11H10N4O. The lowest BCUT2D eigenvalue weighted by Gasteiger charge is -2.03. The van der Waals surface area contributed by atoms with Crippen molar-refractivity contribution >= 4 is 10.9 Å². The van der Waals surface area contributed by atoms with Gasteiger partial charge in [-0.05, 0) is 12.1 Å². The number of aromatic nitrogens is 2. The summed E-state index contributed by atoms with van der Waals surface area (Å²) >= 11 is 0. The van der Waals surface area contributed by atoms with Crippen LogP contribution in [-0.4, -0.2) is 16.0 Å². The van der Waals surface area contributed by atoms with Gasteiger partial charge in [-0.2, -0.15) is 5.26 Å². The molecule has 16 heavy (non-hydrogen) atoms. The Hall–Kier alpha value is -2.19. The van der Waals surface area contributed by atoms with Crippen LogP contribution in [0.15, 0.2) is 29.3 Å². The third-order valence-corrected chi connectivity index (χ3v) is 2.33. The second kappa shape index (κ2) is 4.13. The van der Waals surface area contributed by atoms with Crippen molar-refractivity contribution in [2.45, 2.75) is 12.5 Å². The Morgan fingerprint density at radius 2 is 2.44 bits per heavy atom. The Morgan fingerprint density at radius 3 is 3.19 bits per heavy atom. The molecule has 80 valence electrons. The molecule has 0 aliphatic carbocycles. The smallest absolute Gasteiger partial charge is 0.251 e. The van der Waals surface area contributed by atoms with Gasteiger partial charge in [0.15, 0.2) is 0 Å². The van der Waals surface area contributed by atoms with Gasteiger partial charge in [0.1, 0.15) is 0 Å². The summed E-state index contributed by atoms with van der Waals surface area (Å²) in [5.74, 6) is 0. The van der Waals surface area contributed by atoms with Gasteiger partial charge in [-0.1, -0.05) is 0 Å². The van der Waals surface area contributed by atoms with Gasteiger partial charge in [-0.15, -0.1) is 0 Å². The molecule has 1 unspecified atom stereocenters. The summed E-state index contributed by atoms with van der Waals surface area (Å²) in [4.78, 5) is 18.3. The lowest BCUT2D eigenvalue weighted by molar-refractivity contribution is 0.814. The molecule has 0 radical (unpaired) electrons. The molecule has 2 aromatic heterocycles. The van der Waals surface area contributed by atoms with E-state index < -0.39 is 6.04 Å². The zero-order valence-electron chi connectivity index (χ0n) is 8.47. The molecule has 5 nitrogen and oxygen atoms in total. The minimum Gasteiger partial charge on any atom is -0.322 e. The summed E-state index contributed by atoms with van der Waals surface area (Å²) in [6.07, 6.45) is 3.52. The van der Waals surface area contributed by atoms with E-state index in [2.05, 4.69) is 9.97 Å². The summed E-state index contributed by atoms with van der Waals surface area (Å²) < 4.78 is 0. The number of nitrogens with zero attached hydrogens (tertiary/aromatic N) is 2. The largest absolute Gasteiger partial charge is 0.322 e. The first-order valence-electron chi connectivity index (χ1n) is 4.82. The van der Waals surface area contributed by atoms with Crippen LogP contribution in [-0.2, 0) is 6.42 Å². The molecule has 0 fully saturated rings. The van der Waals surface area contributed by atoms with Gasteiger partial charge in [0.2, 0.25) is 0 Å². The van der Waals surface area contributed by atoms with Gasteiger partial charge < -0.3 is 10.7 Å². The minimum atomic E-state index is -0.657. The lowest BCUT2D eigenvalue weighted by atomic mass is 10.1. The average molecular weight is 214 g/mol. The summed E-state index contributed by atoms with van der Waals surface area (Å²) in [5, 5.41) is 9.44. The van der Waals surface area contributed by atoms with Crippen LogP contribution in [0.2, 0.25) is 0 Å². The highest BCUT2D eigenvalue weighted by molar-refractivity contribution is 5.77. The van der Waals surface area contributed by atoms with E-state index in [9.17, 15) is 4.79 Å². The third-order valence-electron chi connectivity index (χ3n) is 2.33. The summed E-state index contributed by atoms with van der Waals surface area (Å²) in [5.41, 5.74) is 6.52. The van der Waals surface area contributed by atoms with Gasteiger partial charge in [0.05, 0.1) is 17.6 Å². The van der Waals surface area contributed by atoms with Crippen molar-refractivity contribution in [1.82, 2.24) is 9.97 Å². The maximum Gasteiger partial charge on any atom is 0.251 e. The summed E-state index contributed by atoms with van der Waals surface area (Å²) in [6, 6.07) is 4.69. The standard InChI is InChI=1S/C11H10N4O/c12-5-9(13)4-7-3-8-6-14-2-1-10(8)15-11(7)16/h1-3,6,9H,4,13H2,(H,15,16). The van der Waals surface area contributed by atoms with Crippen molar-refractivity contribution in [1.29, 1.82) is 5.26 Å². The maximum atomic E-state index is 11.6. The van der Waals surface area contributed by atoms with E-state index in [1.54, 1.807) is 24.5 Å². The van der Waals surface area contributed by atoms with Gasteiger partial charge in [0.25, 0.3) is 5.56 Å². The molecule has 0 amide bonds. The number of aromatic amines is 1. The van der Waals surface area contributed by atoms with Crippen LogP contribution in [0.1, 0.15) is 5.56 Å². The Balaban J connectivity index is 2.51. The maximum absolute atomic E-state index is 11.6. The van der Waals surface area contributed by atoms with Crippen LogP contribution >= 0.6 is 0 Å². The minimum absolute atomic E-state index is 0.204. The van der Waals surface area contributed by atoms with Crippen LogP contribution in [0.5, 0.6) is 0 Å². The van der Waals surface area contributed by atoms with Gasteiger partial charge in [-0.3, -0.25) is 9.78 Å². The molecule has 2 heterocycles. The Morgan fingerprint density at radius 1 is 1.62 bits per heavy atom. The predicted octanol–water partition coefficient (Wildman–Crippen LogP) is 0.316. The Bertz CT molecular complexity index is 611. The van der Waals surface area contributed by atoms with Crippen molar-refractivity contribution in [3.63, 3.8) is 0 Å². The van der Waals surface area contributed by atoms with Crippen LogP contribution < -0.4 is 11.3 Å². The van der Waals surface area contributed by atoms with Crippen LogP contribution in [0.25, 0.3) is 10.9 Å². The molecule has 3 N–H and O–H groups in total. The highest BCUT2D eigenvalue weighted by Gasteiger charge is 2.07. The first-order valence-corrected chi connectivity index (χ1v) is 4.82. The molecule has 0 saturated heterocycles. The molecule has 2 aromatic rings. The van der Waals surface area contributed by atoms with E-state index >= 15 is 0 Å². The van der Waals surface area contributed by atoms with Crippen LogP contribution in [0, 0.1) is 11.3 Å². The first kappa shape index (κ1) is 10.3. The second-order valence-corrected chi connectivity index (χ2v) is 3.53. The second-order valence-electron chi connectivity index (χ2n) is 3.53.